The first kappa shape index (κ1) is 26.6. The second-order valence-corrected chi connectivity index (χ2v) is 9.70. The van der Waals surface area contributed by atoms with E-state index in [4.69, 9.17) is 14.2 Å². The largest absolute Gasteiger partial charge is 0.497 e. The Balaban J connectivity index is 1.53. The minimum Gasteiger partial charge on any atom is -0.497 e. The Bertz CT molecular complexity index is 1220. The number of para-hydroxylation sites is 1. The zero-order valence-electron chi connectivity index (χ0n) is 21.0. The summed E-state index contributed by atoms with van der Waals surface area (Å²) < 4.78 is 30.5. The average molecular weight is 527 g/mol. The smallest absolute Gasteiger partial charge is 0.254 e. The van der Waals surface area contributed by atoms with E-state index in [0.717, 1.165) is 12.0 Å². The summed E-state index contributed by atoms with van der Waals surface area (Å²) in [6.45, 7) is 1.36. The lowest BCUT2D eigenvalue weighted by molar-refractivity contribution is -0.135. The van der Waals surface area contributed by atoms with Gasteiger partial charge in [-0.2, -0.15) is 0 Å². The summed E-state index contributed by atoms with van der Waals surface area (Å²) in [5, 5.41) is 2.00. The number of halogens is 1. The molecule has 37 heavy (non-hydrogen) atoms. The Morgan fingerprint density at radius 2 is 1.97 bits per heavy atom. The molecule has 196 valence electrons. The Hall–Kier alpha value is -3.43. The van der Waals surface area contributed by atoms with Gasteiger partial charge in [0.2, 0.25) is 5.91 Å². The molecule has 2 aromatic carbocycles. The molecule has 0 N–H and O–H groups in total. The number of amides is 2. The fraction of sp³-hybridized carbons (Fsp3) is 0.357. The maximum atomic E-state index is 14.2. The molecule has 0 saturated heterocycles. The van der Waals surface area contributed by atoms with Gasteiger partial charge < -0.3 is 24.0 Å². The van der Waals surface area contributed by atoms with Crippen LogP contribution in [0.3, 0.4) is 0 Å². The number of ether oxygens (including phenoxy) is 3. The number of nitrogens with zero attached hydrogens (tertiary/aromatic N) is 2. The summed E-state index contributed by atoms with van der Waals surface area (Å²) in [6, 6.07) is 14.7. The number of carbonyl (C=O) groups is 2. The van der Waals surface area contributed by atoms with E-state index in [1.165, 1.54) is 10.9 Å². The molecular weight excluding hydrogens is 495 g/mol. The van der Waals surface area contributed by atoms with Gasteiger partial charge >= 0.3 is 0 Å². The van der Waals surface area contributed by atoms with Gasteiger partial charge in [-0.3, -0.25) is 9.59 Å². The molecule has 0 unspecified atom stereocenters. The molecular formula is C28H31FN2O5S. The van der Waals surface area contributed by atoms with Crippen molar-refractivity contribution in [3.63, 3.8) is 0 Å². The molecule has 2 heterocycles. The maximum Gasteiger partial charge on any atom is 0.254 e. The van der Waals surface area contributed by atoms with Crippen molar-refractivity contribution in [3.8, 4) is 11.5 Å². The topological polar surface area (TPSA) is 68.3 Å². The highest BCUT2D eigenvalue weighted by Gasteiger charge is 2.33. The minimum atomic E-state index is -0.449. The van der Waals surface area contributed by atoms with E-state index in [0.29, 0.717) is 37.4 Å². The maximum absolute atomic E-state index is 14.2. The van der Waals surface area contributed by atoms with Crippen LogP contribution in [0.15, 0.2) is 60.0 Å². The zero-order valence-corrected chi connectivity index (χ0v) is 21.8. The molecule has 1 aliphatic rings. The average Bonchev–Trinajstić information content (AvgIpc) is 3.41. The third kappa shape index (κ3) is 6.47. The first-order chi connectivity index (χ1) is 18.0. The van der Waals surface area contributed by atoms with Crippen LogP contribution in [0.4, 0.5) is 4.39 Å². The lowest BCUT2D eigenvalue weighted by Gasteiger charge is -2.37. The summed E-state index contributed by atoms with van der Waals surface area (Å²) in [5.41, 5.74) is 1.45. The number of rotatable bonds is 11. The van der Waals surface area contributed by atoms with Gasteiger partial charge in [-0.25, -0.2) is 4.39 Å². The lowest BCUT2D eigenvalue weighted by Crippen LogP contribution is -2.48. The highest BCUT2D eigenvalue weighted by Crippen LogP contribution is 2.34. The van der Waals surface area contributed by atoms with E-state index < -0.39 is 5.82 Å². The summed E-state index contributed by atoms with van der Waals surface area (Å²) in [5.74, 6) is -0.176. The molecule has 0 bridgehead atoms. The molecule has 0 spiro atoms. The van der Waals surface area contributed by atoms with Crippen LogP contribution in [0.2, 0.25) is 0 Å². The molecule has 3 aromatic rings. The van der Waals surface area contributed by atoms with E-state index in [9.17, 15) is 14.0 Å². The quantitative estimate of drug-likeness (QED) is 0.342. The number of hydrogen-bond donors (Lipinski definition) is 0. The van der Waals surface area contributed by atoms with Crippen LogP contribution in [0.25, 0.3) is 0 Å². The molecule has 4 rings (SSSR count). The van der Waals surface area contributed by atoms with E-state index in [1.807, 2.05) is 11.4 Å². The van der Waals surface area contributed by atoms with Gasteiger partial charge in [-0.15, -0.1) is 11.3 Å². The van der Waals surface area contributed by atoms with Crippen LogP contribution in [0.1, 0.15) is 33.3 Å². The van der Waals surface area contributed by atoms with E-state index in [2.05, 4.69) is 0 Å². The highest BCUT2D eigenvalue weighted by molar-refractivity contribution is 7.10. The summed E-state index contributed by atoms with van der Waals surface area (Å²) in [6.07, 6.45) is 1.32. The van der Waals surface area contributed by atoms with E-state index in [1.54, 1.807) is 77.8 Å². The predicted octanol–water partition coefficient (Wildman–Crippen LogP) is 4.58. The molecule has 0 aliphatic carbocycles. The fourth-order valence-electron chi connectivity index (χ4n) is 4.45. The molecule has 7 nitrogen and oxygen atoms in total. The van der Waals surface area contributed by atoms with Gasteiger partial charge in [0.1, 0.15) is 18.9 Å². The highest BCUT2D eigenvalue weighted by atomic mass is 32.1. The number of hydrogen-bond acceptors (Lipinski definition) is 6. The Kier molecular flexibility index (Phi) is 9.14. The summed E-state index contributed by atoms with van der Waals surface area (Å²) >= 11 is 1.64. The lowest BCUT2D eigenvalue weighted by atomic mass is 10.0. The molecule has 1 atom stereocenters. The van der Waals surface area contributed by atoms with Crippen molar-refractivity contribution in [1.29, 1.82) is 0 Å². The van der Waals surface area contributed by atoms with Gasteiger partial charge in [0.25, 0.3) is 5.91 Å². The normalized spacial score (nSPS) is 14.7. The first-order valence-corrected chi connectivity index (χ1v) is 13.0. The third-order valence-corrected chi connectivity index (χ3v) is 7.35. The second-order valence-electron chi connectivity index (χ2n) is 8.70. The van der Waals surface area contributed by atoms with Crippen LogP contribution in [0, 0.1) is 5.82 Å². The van der Waals surface area contributed by atoms with Crippen LogP contribution in [-0.4, -0.2) is 68.7 Å². The molecule has 1 aromatic heterocycles. The van der Waals surface area contributed by atoms with E-state index in [-0.39, 0.29) is 36.8 Å². The Morgan fingerprint density at radius 3 is 2.76 bits per heavy atom. The van der Waals surface area contributed by atoms with Crippen molar-refractivity contribution in [2.45, 2.75) is 18.9 Å². The molecule has 0 fully saturated rings. The van der Waals surface area contributed by atoms with Gasteiger partial charge in [-0.05, 0) is 60.2 Å². The van der Waals surface area contributed by atoms with Crippen molar-refractivity contribution < 1.29 is 28.2 Å². The number of carbonyl (C=O) groups excluding carboxylic acids is 2. The van der Waals surface area contributed by atoms with Crippen LogP contribution < -0.4 is 9.47 Å². The van der Waals surface area contributed by atoms with Crippen molar-refractivity contribution in [3.05, 3.63) is 81.8 Å². The van der Waals surface area contributed by atoms with Crippen LogP contribution in [0.5, 0.6) is 11.5 Å². The molecule has 9 heteroatoms. The third-order valence-electron chi connectivity index (χ3n) is 6.36. The summed E-state index contributed by atoms with van der Waals surface area (Å²) in [7, 11) is 3.15. The number of benzene rings is 2. The molecule has 2 amide bonds. The van der Waals surface area contributed by atoms with Crippen molar-refractivity contribution >= 4 is 23.2 Å². The Labute approximate surface area is 220 Å². The fourth-order valence-corrected chi connectivity index (χ4v) is 5.38. The predicted molar refractivity (Wildman–Crippen MR) is 140 cm³/mol. The summed E-state index contributed by atoms with van der Waals surface area (Å²) in [4.78, 5) is 31.6. The number of thiophene rings is 1. The number of methoxy groups -OCH3 is 2. The van der Waals surface area contributed by atoms with Crippen LogP contribution >= 0.6 is 11.3 Å². The van der Waals surface area contributed by atoms with E-state index >= 15 is 0 Å². The van der Waals surface area contributed by atoms with Crippen LogP contribution in [-0.2, 0) is 16.0 Å². The van der Waals surface area contributed by atoms with Gasteiger partial charge in [-0.1, -0.05) is 18.2 Å². The molecule has 0 radical (unpaired) electrons. The Morgan fingerprint density at radius 1 is 1.14 bits per heavy atom. The second kappa shape index (κ2) is 12.7. The SMILES string of the molecule is COCCCN(CC(=O)N1CCc2sccc2[C@@H]1COc1ccccc1F)C(=O)c1cccc(OC)c1. The first-order valence-electron chi connectivity index (χ1n) is 12.2. The van der Waals surface area contributed by atoms with Crippen molar-refractivity contribution in [2.75, 3.05) is 47.1 Å². The van der Waals surface area contributed by atoms with Gasteiger partial charge in [0.05, 0.1) is 13.2 Å². The monoisotopic (exact) mass is 526 g/mol. The molecule has 0 saturated carbocycles. The van der Waals surface area contributed by atoms with Crippen molar-refractivity contribution in [1.82, 2.24) is 9.80 Å². The standard InChI is InChI=1S/C28H31FN2O5S/c1-34-15-6-13-30(28(33)20-7-5-8-21(17-20)35-2)18-27(32)31-14-11-26-22(12-16-37-26)24(31)19-36-25-10-4-3-9-23(25)29/h3-5,7-10,12,16-17,24H,6,11,13-15,18-19H2,1-2H3/t24-/m0/s1. The van der Waals surface area contributed by atoms with Gasteiger partial charge in [0, 0.05) is 37.2 Å². The number of fused-ring (bicyclic) bond motifs is 1. The minimum absolute atomic E-state index is 0.0879. The van der Waals surface area contributed by atoms with Gasteiger partial charge in [0.15, 0.2) is 11.6 Å². The van der Waals surface area contributed by atoms with Crippen molar-refractivity contribution in [2.24, 2.45) is 0 Å². The zero-order chi connectivity index (χ0) is 26.2. The molecule has 1 aliphatic heterocycles.